The molecule has 2 aliphatic rings. The van der Waals surface area contributed by atoms with E-state index in [-0.39, 0.29) is 18.9 Å². The third kappa shape index (κ3) is 25.2. The van der Waals surface area contributed by atoms with Gasteiger partial charge in [0.2, 0.25) is 5.91 Å². The van der Waals surface area contributed by atoms with E-state index >= 15 is 0 Å². The smallest absolute Gasteiger partial charge is 0.224 e. The topological polar surface area (TPSA) is 228 Å². The Labute approximate surface area is 396 Å². The second-order valence-corrected chi connectivity index (χ2v) is 17.6. The van der Waals surface area contributed by atoms with Crippen LogP contribution in [0.15, 0.2) is 72.9 Å². The number of carbonyl (C=O) groups excluding carboxylic acids is 1. The van der Waals surface area contributed by atoms with Crippen molar-refractivity contribution in [3.63, 3.8) is 0 Å². The number of hydrogen-bond acceptors (Lipinski definition) is 13. The molecular formula is C52H89NO13. The van der Waals surface area contributed by atoms with Gasteiger partial charge in [-0.1, -0.05) is 177 Å². The van der Waals surface area contributed by atoms with Gasteiger partial charge in [0.05, 0.1) is 32.0 Å². The number of hydrogen-bond donors (Lipinski definition) is 9. The summed E-state index contributed by atoms with van der Waals surface area (Å²) >= 11 is 0. The Bertz CT molecular complexity index is 1380. The Hall–Kier alpha value is -2.57. The molecule has 0 aliphatic carbocycles. The second-order valence-electron chi connectivity index (χ2n) is 17.6. The molecule has 0 aromatic carbocycles. The highest BCUT2D eigenvalue weighted by molar-refractivity contribution is 5.77. The average Bonchev–Trinajstić information content (AvgIpc) is 3.31. The Morgan fingerprint density at radius 2 is 1.03 bits per heavy atom. The van der Waals surface area contributed by atoms with Crippen LogP contribution in [0, 0.1) is 0 Å². The van der Waals surface area contributed by atoms with Gasteiger partial charge in [0.15, 0.2) is 12.6 Å². The number of rotatable bonds is 37. The monoisotopic (exact) mass is 936 g/mol. The van der Waals surface area contributed by atoms with Crippen LogP contribution in [0.5, 0.6) is 0 Å². The van der Waals surface area contributed by atoms with Crippen LogP contribution in [0.3, 0.4) is 0 Å². The number of carbonyl (C=O) groups is 1. The quantitative estimate of drug-likeness (QED) is 0.0242. The lowest BCUT2D eigenvalue weighted by molar-refractivity contribution is -0.359. The van der Waals surface area contributed by atoms with Crippen molar-refractivity contribution < 1.29 is 64.6 Å². The molecule has 66 heavy (non-hydrogen) atoms. The second kappa shape index (κ2) is 38.3. The fraction of sp³-hybridized carbons (Fsp3) is 0.750. The minimum absolute atomic E-state index is 0.0460. The summed E-state index contributed by atoms with van der Waals surface area (Å²) in [7, 11) is 0. The molecule has 12 atom stereocenters. The van der Waals surface area contributed by atoms with E-state index in [1.807, 2.05) is 18.2 Å². The highest BCUT2D eigenvalue weighted by Crippen LogP contribution is 2.30. The third-order valence-corrected chi connectivity index (χ3v) is 11.9. The first-order valence-corrected chi connectivity index (χ1v) is 25.2. The molecule has 2 heterocycles. The summed E-state index contributed by atoms with van der Waals surface area (Å²) < 4.78 is 22.6. The number of unbranched alkanes of at least 4 members (excludes halogenated alkanes) is 15. The van der Waals surface area contributed by atoms with Gasteiger partial charge in [-0.05, 0) is 44.9 Å². The van der Waals surface area contributed by atoms with Crippen molar-refractivity contribution in [1.82, 2.24) is 5.32 Å². The number of allylic oxidation sites excluding steroid dienone is 10. The predicted octanol–water partition coefficient (Wildman–Crippen LogP) is 6.43. The Balaban J connectivity index is 1.90. The zero-order valence-electron chi connectivity index (χ0n) is 40.2. The number of nitrogens with one attached hydrogen (secondary N) is 1. The Kier molecular flexibility index (Phi) is 34.6. The Morgan fingerprint density at radius 1 is 0.561 bits per heavy atom. The fourth-order valence-corrected chi connectivity index (χ4v) is 7.83. The molecule has 2 rings (SSSR count). The standard InChI is InChI=1S/C52H89NO13/c1-3-5-7-9-11-13-15-17-19-20-22-23-25-27-29-31-33-35-41(56)40(53-44(57)36-34-32-30-28-26-24-21-18-16-14-12-10-8-6-4-2)39-63-51-49(62)47(60)50(43(38-55)65-51)66-52-48(61)46(59)45(58)42(37-54)64-52/h6,8,12,14,18,21,26,28,32-35,40-43,45-52,54-56,58-62H,3-5,7,9-11,13,15-17,19-20,22-25,27,29-31,36-39H2,1-2H3,(H,53,57)/b8-6-,14-12-,21-18-,28-26-,34-32-,35-33+. The molecule has 0 bridgehead atoms. The van der Waals surface area contributed by atoms with E-state index in [0.29, 0.717) is 6.42 Å². The van der Waals surface area contributed by atoms with Crippen molar-refractivity contribution in [2.24, 2.45) is 0 Å². The molecule has 1 amide bonds. The summed E-state index contributed by atoms with van der Waals surface area (Å²) in [5.41, 5.74) is 0. The first kappa shape index (κ1) is 59.6. The third-order valence-electron chi connectivity index (χ3n) is 11.9. The van der Waals surface area contributed by atoms with E-state index < -0.39 is 86.8 Å². The van der Waals surface area contributed by atoms with Crippen LogP contribution in [0.4, 0.5) is 0 Å². The summed E-state index contributed by atoms with van der Waals surface area (Å²) in [5, 5.41) is 86.6. The van der Waals surface area contributed by atoms with Crippen LogP contribution in [0.25, 0.3) is 0 Å². The van der Waals surface area contributed by atoms with Gasteiger partial charge in [-0.15, -0.1) is 0 Å². The van der Waals surface area contributed by atoms with E-state index in [9.17, 15) is 45.6 Å². The van der Waals surface area contributed by atoms with Gasteiger partial charge < -0.3 is 65.1 Å². The van der Waals surface area contributed by atoms with Crippen LogP contribution >= 0.6 is 0 Å². The van der Waals surface area contributed by atoms with E-state index in [4.69, 9.17) is 18.9 Å². The molecule has 0 aromatic heterocycles. The molecule has 380 valence electrons. The lowest BCUT2D eigenvalue weighted by Gasteiger charge is -2.46. The first-order valence-electron chi connectivity index (χ1n) is 25.2. The fourth-order valence-electron chi connectivity index (χ4n) is 7.83. The van der Waals surface area contributed by atoms with Gasteiger partial charge in [0, 0.05) is 6.42 Å². The normalized spacial score (nSPS) is 27.4. The van der Waals surface area contributed by atoms with Crippen molar-refractivity contribution in [1.29, 1.82) is 0 Å². The van der Waals surface area contributed by atoms with Crippen LogP contribution in [0.1, 0.15) is 155 Å². The number of aliphatic hydroxyl groups is 8. The molecule has 0 saturated carbocycles. The summed E-state index contributed by atoms with van der Waals surface area (Å²) in [6.07, 6.45) is 31.1. The molecule has 2 aliphatic heterocycles. The molecule has 0 radical (unpaired) electrons. The molecule has 14 heteroatoms. The molecule has 0 aromatic rings. The van der Waals surface area contributed by atoms with Crippen LogP contribution < -0.4 is 5.32 Å². The first-order chi connectivity index (χ1) is 32.1. The summed E-state index contributed by atoms with van der Waals surface area (Å²) in [6.45, 7) is 2.59. The van der Waals surface area contributed by atoms with Gasteiger partial charge in [-0.3, -0.25) is 4.79 Å². The lowest BCUT2D eigenvalue weighted by atomic mass is 9.97. The van der Waals surface area contributed by atoms with Crippen molar-refractivity contribution in [3.05, 3.63) is 72.9 Å². The highest BCUT2D eigenvalue weighted by atomic mass is 16.7. The number of ether oxygens (including phenoxy) is 4. The minimum atomic E-state index is -1.80. The van der Waals surface area contributed by atoms with Crippen molar-refractivity contribution >= 4 is 5.91 Å². The van der Waals surface area contributed by atoms with E-state index in [1.165, 1.54) is 77.0 Å². The van der Waals surface area contributed by atoms with Crippen LogP contribution in [-0.4, -0.2) is 140 Å². The molecule has 12 unspecified atom stereocenters. The van der Waals surface area contributed by atoms with Crippen molar-refractivity contribution in [3.8, 4) is 0 Å². The highest BCUT2D eigenvalue weighted by Gasteiger charge is 2.51. The van der Waals surface area contributed by atoms with Crippen molar-refractivity contribution in [2.75, 3.05) is 19.8 Å². The van der Waals surface area contributed by atoms with Gasteiger partial charge in [0.1, 0.15) is 48.8 Å². The molecular weight excluding hydrogens is 847 g/mol. The molecule has 0 spiro atoms. The zero-order valence-corrected chi connectivity index (χ0v) is 40.2. The molecule has 2 fully saturated rings. The van der Waals surface area contributed by atoms with E-state index in [1.54, 1.807) is 12.2 Å². The SMILES string of the molecule is CC/C=C\C/C=C\C/C=C\C/C=C\C/C=C\CC(=O)NC(COC1OC(CO)C(OC2OC(CO)C(O)C(O)C2O)C(O)C1O)C(O)/C=C/CCCCCCCCCCCCCCCCC. The number of aliphatic hydroxyl groups excluding tert-OH is 8. The average molecular weight is 936 g/mol. The van der Waals surface area contributed by atoms with E-state index in [2.05, 4.69) is 61.7 Å². The van der Waals surface area contributed by atoms with Gasteiger partial charge in [-0.25, -0.2) is 0 Å². The largest absolute Gasteiger partial charge is 0.394 e. The number of amides is 1. The Morgan fingerprint density at radius 3 is 1.55 bits per heavy atom. The maximum absolute atomic E-state index is 13.1. The van der Waals surface area contributed by atoms with Crippen LogP contribution in [-0.2, 0) is 23.7 Å². The maximum Gasteiger partial charge on any atom is 0.224 e. The predicted molar refractivity (Wildman–Crippen MR) is 258 cm³/mol. The molecule has 9 N–H and O–H groups in total. The van der Waals surface area contributed by atoms with Gasteiger partial charge in [0.25, 0.3) is 0 Å². The van der Waals surface area contributed by atoms with Gasteiger partial charge in [-0.2, -0.15) is 0 Å². The summed E-state index contributed by atoms with van der Waals surface area (Å²) in [6, 6.07) is -0.971. The minimum Gasteiger partial charge on any atom is -0.394 e. The molecule has 14 nitrogen and oxygen atoms in total. The molecule has 2 saturated heterocycles. The lowest BCUT2D eigenvalue weighted by Crippen LogP contribution is -2.65. The van der Waals surface area contributed by atoms with Crippen molar-refractivity contribution in [2.45, 2.75) is 229 Å². The van der Waals surface area contributed by atoms with Gasteiger partial charge >= 0.3 is 0 Å². The maximum atomic E-state index is 13.1. The summed E-state index contributed by atoms with van der Waals surface area (Å²) in [4.78, 5) is 13.1. The van der Waals surface area contributed by atoms with Crippen LogP contribution in [0.2, 0.25) is 0 Å². The van der Waals surface area contributed by atoms with E-state index in [0.717, 1.165) is 51.4 Å². The summed E-state index contributed by atoms with van der Waals surface area (Å²) in [5.74, 6) is -0.369. The zero-order chi connectivity index (χ0) is 48.2.